The third-order valence-electron chi connectivity index (χ3n) is 4.53. The molecule has 24 heavy (non-hydrogen) atoms. The van der Waals surface area contributed by atoms with E-state index in [9.17, 15) is 24.3 Å². The molecule has 0 aliphatic heterocycles. The van der Waals surface area contributed by atoms with Crippen molar-refractivity contribution >= 4 is 23.5 Å². The highest BCUT2D eigenvalue weighted by atomic mass is 16.4. The van der Waals surface area contributed by atoms with Crippen molar-refractivity contribution in [2.45, 2.75) is 56.3 Å². The van der Waals surface area contributed by atoms with Gasteiger partial charge in [0.1, 0.15) is 16.9 Å². The SMILES string of the molecule is NC1(N)CCCCC(=O)C(CCCC(=O)O)(C(N)(N)C(=O)O)C1=O. The molecule has 0 radical (unpaired) electrons. The molecule has 136 valence electrons. The lowest BCUT2D eigenvalue weighted by atomic mass is 9.61. The molecule has 0 aromatic heterocycles. The summed E-state index contributed by atoms with van der Waals surface area (Å²) in [6.07, 6.45) is -0.337. The van der Waals surface area contributed by atoms with Crippen LogP contribution in [0.5, 0.6) is 0 Å². The van der Waals surface area contributed by atoms with E-state index in [0.29, 0.717) is 12.8 Å². The minimum absolute atomic E-state index is 0.0372. The van der Waals surface area contributed by atoms with E-state index >= 15 is 0 Å². The summed E-state index contributed by atoms with van der Waals surface area (Å²) >= 11 is 0. The Morgan fingerprint density at radius 2 is 1.71 bits per heavy atom. The fraction of sp³-hybridized carbons (Fsp3) is 0.714. The molecule has 10 heteroatoms. The second-order valence-electron chi connectivity index (χ2n) is 6.33. The van der Waals surface area contributed by atoms with Crippen LogP contribution >= 0.6 is 0 Å². The van der Waals surface area contributed by atoms with Crippen molar-refractivity contribution in [2.24, 2.45) is 28.3 Å². The molecule has 1 saturated carbocycles. The summed E-state index contributed by atoms with van der Waals surface area (Å²) in [4.78, 5) is 48.0. The smallest absolute Gasteiger partial charge is 0.340 e. The molecule has 0 saturated heterocycles. The molecule has 10 nitrogen and oxygen atoms in total. The first kappa shape index (κ1) is 20.2. The number of hydrogen-bond acceptors (Lipinski definition) is 8. The maximum absolute atomic E-state index is 12.9. The Kier molecular flexibility index (Phi) is 5.82. The van der Waals surface area contributed by atoms with Gasteiger partial charge in [-0.3, -0.25) is 14.4 Å². The maximum atomic E-state index is 12.9. The predicted molar refractivity (Wildman–Crippen MR) is 82.2 cm³/mol. The zero-order chi connectivity index (χ0) is 18.8. The highest BCUT2D eigenvalue weighted by molar-refractivity contribution is 6.15. The molecule has 1 rings (SSSR count). The van der Waals surface area contributed by atoms with Gasteiger partial charge in [0.25, 0.3) is 0 Å². The second-order valence-corrected chi connectivity index (χ2v) is 6.33. The monoisotopic (exact) mass is 344 g/mol. The van der Waals surface area contributed by atoms with Gasteiger partial charge in [-0.1, -0.05) is 0 Å². The fourth-order valence-corrected chi connectivity index (χ4v) is 3.12. The van der Waals surface area contributed by atoms with Crippen molar-refractivity contribution in [3.63, 3.8) is 0 Å². The topological polar surface area (TPSA) is 213 Å². The molecular formula is C14H24N4O6. The molecule has 0 heterocycles. The van der Waals surface area contributed by atoms with Gasteiger partial charge in [0, 0.05) is 12.8 Å². The minimum atomic E-state index is -2.75. The summed E-state index contributed by atoms with van der Waals surface area (Å²) in [5.41, 5.74) is 15.9. The molecule has 1 aliphatic carbocycles. The number of rotatable bonds is 6. The Bertz CT molecular complexity index is 559. The van der Waals surface area contributed by atoms with E-state index in [1.54, 1.807) is 0 Å². The molecule has 0 aromatic rings. The van der Waals surface area contributed by atoms with Gasteiger partial charge in [0.15, 0.2) is 11.4 Å². The molecule has 0 spiro atoms. The lowest BCUT2D eigenvalue weighted by molar-refractivity contribution is -0.164. The van der Waals surface area contributed by atoms with Gasteiger partial charge < -0.3 is 33.1 Å². The third kappa shape index (κ3) is 3.46. The number of carboxylic acids is 2. The van der Waals surface area contributed by atoms with Gasteiger partial charge in [0.2, 0.25) is 0 Å². The lowest BCUT2D eigenvalue weighted by Crippen LogP contribution is -2.78. The number of carbonyl (C=O) groups is 4. The van der Waals surface area contributed by atoms with Crippen molar-refractivity contribution in [3.05, 3.63) is 0 Å². The average molecular weight is 344 g/mol. The standard InChI is InChI=1S/C14H24N4O6/c15-13(16)7-2-1-4-8(19)12(10(13)22,6-3-5-9(20)21)14(17,18)11(23)24/h1-7,15-18H2,(H,20,21)(H,23,24). The molecular weight excluding hydrogens is 320 g/mol. The predicted octanol–water partition coefficient (Wildman–Crippen LogP) is -1.75. The Morgan fingerprint density at radius 3 is 2.21 bits per heavy atom. The molecule has 1 fully saturated rings. The zero-order valence-electron chi connectivity index (χ0n) is 13.3. The summed E-state index contributed by atoms with van der Waals surface area (Å²) < 4.78 is 0. The number of carbonyl (C=O) groups excluding carboxylic acids is 2. The van der Waals surface area contributed by atoms with Crippen LogP contribution in [0.4, 0.5) is 0 Å². The van der Waals surface area contributed by atoms with Crippen LogP contribution in [-0.2, 0) is 19.2 Å². The van der Waals surface area contributed by atoms with Crippen LogP contribution in [0.25, 0.3) is 0 Å². The Hall–Kier alpha value is -1.88. The summed E-state index contributed by atoms with van der Waals surface area (Å²) in [7, 11) is 0. The highest BCUT2D eigenvalue weighted by Crippen LogP contribution is 2.41. The second kappa shape index (κ2) is 6.93. The average Bonchev–Trinajstić information content (AvgIpc) is 2.45. The van der Waals surface area contributed by atoms with Crippen LogP contribution in [-0.4, -0.2) is 45.0 Å². The Labute approximate surface area is 138 Å². The number of hydrogen-bond donors (Lipinski definition) is 6. The van der Waals surface area contributed by atoms with Gasteiger partial charge in [-0.2, -0.15) is 0 Å². The van der Waals surface area contributed by atoms with Gasteiger partial charge in [0.05, 0.1) is 0 Å². The Balaban J connectivity index is 3.48. The van der Waals surface area contributed by atoms with E-state index in [2.05, 4.69) is 0 Å². The van der Waals surface area contributed by atoms with Crippen LogP contribution in [0.3, 0.4) is 0 Å². The first-order valence-corrected chi connectivity index (χ1v) is 7.58. The van der Waals surface area contributed by atoms with E-state index < -0.39 is 46.7 Å². The molecule has 1 atom stereocenters. The van der Waals surface area contributed by atoms with Gasteiger partial charge in [-0.15, -0.1) is 0 Å². The molecule has 0 amide bonds. The summed E-state index contributed by atoms with van der Waals surface area (Å²) in [5, 5.41) is 18.2. The van der Waals surface area contributed by atoms with Crippen molar-refractivity contribution in [1.82, 2.24) is 0 Å². The van der Waals surface area contributed by atoms with Crippen LogP contribution < -0.4 is 22.9 Å². The quantitative estimate of drug-likeness (QED) is 0.236. The minimum Gasteiger partial charge on any atom is -0.481 e. The molecule has 0 bridgehead atoms. The van der Waals surface area contributed by atoms with E-state index in [-0.39, 0.29) is 25.7 Å². The Morgan fingerprint density at radius 1 is 1.12 bits per heavy atom. The number of aliphatic carboxylic acids is 2. The highest BCUT2D eigenvalue weighted by Gasteiger charge is 2.64. The number of nitrogens with two attached hydrogens (primary N) is 4. The summed E-state index contributed by atoms with van der Waals surface area (Å²) in [6.45, 7) is 0. The molecule has 1 unspecified atom stereocenters. The summed E-state index contributed by atoms with van der Waals surface area (Å²) in [6, 6.07) is 0. The fourth-order valence-electron chi connectivity index (χ4n) is 3.12. The first-order chi connectivity index (χ1) is 10.9. The van der Waals surface area contributed by atoms with E-state index in [0.717, 1.165) is 0 Å². The summed E-state index contributed by atoms with van der Waals surface area (Å²) in [5.74, 6) is -4.77. The van der Waals surface area contributed by atoms with Gasteiger partial charge >= 0.3 is 11.9 Å². The normalized spacial score (nSPS) is 25.0. The molecule has 0 aromatic carbocycles. The van der Waals surface area contributed by atoms with Crippen molar-refractivity contribution in [2.75, 3.05) is 0 Å². The first-order valence-electron chi connectivity index (χ1n) is 7.58. The van der Waals surface area contributed by atoms with Gasteiger partial charge in [-0.25, -0.2) is 4.79 Å². The van der Waals surface area contributed by atoms with Crippen molar-refractivity contribution < 1.29 is 29.4 Å². The van der Waals surface area contributed by atoms with Crippen LogP contribution in [0.1, 0.15) is 44.9 Å². The van der Waals surface area contributed by atoms with Crippen LogP contribution in [0.2, 0.25) is 0 Å². The van der Waals surface area contributed by atoms with Crippen LogP contribution in [0, 0.1) is 5.41 Å². The molecule has 1 aliphatic rings. The van der Waals surface area contributed by atoms with Gasteiger partial charge in [-0.05, 0) is 32.1 Å². The van der Waals surface area contributed by atoms with E-state index in [4.69, 9.17) is 28.0 Å². The zero-order valence-corrected chi connectivity index (χ0v) is 13.3. The van der Waals surface area contributed by atoms with Crippen molar-refractivity contribution in [3.8, 4) is 0 Å². The van der Waals surface area contributed by atoms with E-state index in [1.165, 1.54) is 0 Å². The number of Topliss-reactive ketones (excluding diaryl/α,β-unsaturated/α-hetero) is 2. The third-order valence-corrected chi connectivity index (χ3v) is 4.53. The largest absolute Gasteiger partial charge is 0.481 e. The van der Waals surface area contributed by atoms with Crippen LogP contribution in [0.15, 0.2) is 0 Å². The molecule has 10 N–H and O–H groups in total. The number of carboxylic acid groups (broad SMARTS) is 2. The maximum Gasteiger partial charge on any atom is 0.340 e. The van der Waals surface area contributed by atoms with E-state index in [1.807, 2.05) is 0 Å². The van der Waals surface area contributed by atoms with Crippen molar-refractivity contribution in [1.29, 1.82) is 0 Å². The lowest BCUT2D eigenvalue weighted by Gasteiger charge is -2.45. The number of ketones is 2.